The molecule has 0 aliphatic heterocycles. The SMILES string of the molecule is COc1ccc2c(C)c(C(=O)N[C@H](C(=O)O)c3cccc(F)c3F)oc2c1. The maximum absolute atomic E-state index is 14.0. The van der Waals surface area contributed by atoms with Crippen LogP contribution in [0.3, 0.4) is 0 Å². The first-order valence-electron chi connectivity index (χ1n) is 7.88. The zero-order chi connectivity index (χ0) is 19.7. The lowest BCUT2D eigenvalue weighted by molar-refractivity contribution is -0.139. The van der Waals surface area contributed by atoms with Crippen LogP contribution in [0.25, 0.3) is 11.0 Å². The highest BCUT2D eigenvalue weighted by Crippen LogP contribution is 2.29. The first kappa shape index (κ1) is 18.4. The van der Waals surface area contributed by atoms with Crippen LogP contribution < -0.4 is 10.1 Å². The van der Waals surface area contributed by atoms with Crippen molar-refractivity contribution in [2.24, 2.45) is 0 Å². The molecule has 1 amide bonds. The summed E-state index contributed by atoms with van der Waals surface area (Å²) in [6.07, 6.45) is 0. The van der Waals surface area contributed by atoms with Gasteiger partial charge in [0.05, 0.1) is 7.11 Å². The Morgan fingerprint density at radius 3 is 2.63 bits per heavy atom. The number of aryl methyl sites for hydroxylation is 1. The van der Waals surface area contributed by atoms with Crippen LogP contribution in [0.5, 0.6) is 5.75 Å². The molecule has 2 N–H and O–H groups in total. The molecule has 0 aliphatic rings. The van der Waals surface area contributed by atoms with Crippen molar-refractivity contribution in [3.05, 3.63) is 64.9 Å². The van der Waals surface area contributed by atoms with E-state index < -0.39 is 35.1 Å². The van der Waals surface area contributed by atoms with E-state index in [1.54, 1.807) is 25.1 Å². The fourth-order valence-electron chi connectivity index (χ4n) is 2.76. The minimum absolute atomic E-state index is 0.124. The molecule has 3 rings (SSSR count). The Kier molecular flexibility index (Phi) is 4.81. The molecule has 2 aromatic carbocycles. The molecule has 0 aliphatic carbocycles. The van der Waals surface area contributed by atoms with E-state index in [9.17, 15) is 23.5 Å². The summed E-state index contributed by atoms with van der Waals surface area (Å²) in [5, 5.41) is 12.2. The summed E-state index contributed by atoms with van der Waals surface area (Å²) in [7, 11) is 1.48. The molecule has 0 radical (unpaired) electrons. The number of hydrogen-bond acceptors (Lipinski definition) is 4. The van der Waals surface area contributed by atoms with Crippen molar-refractivity contribution in [2.45, 2.75) is 13.0 Å². The Bertz CT molecular complexity index is 1040. The average molecular weight is 375 g/mol. The highest BCUT2D eigenvalue weighted by molar-refractivity contribution is 6.00. The van der Waals surface area contributed by atoms with Crippen LogP contribution >= 0.6 is 0 Å². The van der Waals surface area contributed by atoms with Crippen molar-refractivity contribution in [2.75, 3.05) is 7.11 Å². The first-order valence-corrected chi connectivity index (χ1v) is 7.88. The average Bonchev–Trinajstić information content (AvgIpc) is 2.98. The number of nitrogens with one attached hydrogen (secondary N) is 1. The standard InChI is InChI=1S/C19H15F2NO5/c1-9-11-7-6-10(26-2)8-14(11)27-17(9)18(23)22-16(19(24)25)12-4-3-5-13(20)15(12)21/h3-8,16H,1-2H3,(H,22,23)(H,24,25)/t16-/m0/s1. The molecule has 1 aromatic heterocycles. The van der Waals surface area contributed by atoms with E-state index >= 15 is 0 Å². The molecule has 0 bridgehead atoms. The maximum atomic E-state index is 14.0. The molecule has 0 spiro atoms. The molecule has 8 heteroatoms. The number of carboxylic acids is 1. The fourth-order valence-corrected chi connectivity index (χ4v) is 2.76. The van der Waals surface area contributed by atoms with E-state index in [0.717, 1.165) is 18.2 Å². The molecule has 0 fully saturated rings. The Morgan fingerprint density at radius 2 is 1.96 bits per heavy atom. The normalized spacial score (nSPS) is 12.0. The summed E-state index contributed by atoms with van der Waals surface area (Å²) in [6, 6.07) is 6.30. The number of furan rings is 1. The summed E-state index contributed by atoms with van der Waals surface area (Å²) >= 11 is 0. The van der Waals surface area contributed by atoms with Gasteiger partial charge in [0.1, 0.15) is 11.3 Å². The quantitative estimate of drug-likeness (QED) is 0.712. The molecular weight excluding hydrogens is 360 g/mol. The van der Waals surface area contributed by atoms with Crippen LogP contribution in [0, 0.1) is 18.6 Å². The maximum Gasteiger partial charge on any atom is 0.331 e. The summed E-state index contributed by atoms with van der Waals surface area (Å²) in [5.74, 6) is -4.55. The molecule has 6 nitrogen and oxygen atoms in total. The molecule has 1 heterocycles. The van der Waals surface area contributed by atoms with Gasteiger partial charge in [-0.2, -0.15) is 0 Å². The highest BCUT2D eigenvalue weighted by atomic mass is 19.2. The van der Waals surface area contributed by atoms with Crippen LogP contribution in [0.1, 0.15) is 27.7 Å². The van der Waals surface area contributed by atoms with Crippen LogP contribution in [-0.4, -0.2) is 24.1 Å². The second kappa shape index (κ2) is 7.06. The van der Waals surface area contributed by atoms with Gasteiger partial charge in [-0.05, 0) is 25.1 Å². The summed E-state index contributed by atoms with van der Waals surface area (Å²) in [6.45, 7) is 1.63. The minimum atomic E-state index is -1.78. The molecule has 3 aromatic rings. The van der Waals surface area contributed by atoms with Gasteiger partial charge in [0.15, 0.2) is 23.4 Å². The first-order chi connectivity index (χ1) is 12.8. The monoisotopic (exact) mass is 375 g/mol. The third kappa shape index (κ3) is 3.33. The van der Waals surface area contributed by atoms with Gasteiger partial charge in [0.2, 0.25) is 0 Å². The van der Waals surface area contributed by atoms with Gasteiger partial charge < -0.3 is 19.6 Å². The number of hydrogen-bond donors (Lipinski definition) is 2. The van der Waals surface area contributed by atoms with Crippen molar-refractivity contribution >= 4 is 22.8 Å². The van der Waals surface area contributed by atoms with E-state index in [1.165, 1.54) is 7.11 Å². The number of benzene rings is 2. The Hall–Kier alpha value is -3.42. The van der Waals surface area contributed by atoms with E-state index in [1.807, 2.05) is 0 Å². The van der Waals surface area contributed by atoms with Crippen LogP contribution in [0.4, 0.5) is 8.78 Å². The predicted octanol–water partition coefficient (Wildman–Crippen LogP) is 3.58. The minimum Gasteiger partial charge on any atom is -0.497 e. The number of carbonyl (C=O) groups excluding carboxylic acids is 1. The van der Waals surface area contributed by atoms with Crippen molar-refractivity contribution in [1.29, 1.82) is 0 Å². The molecule has 27 heavy (non-hydrogen) atoms. The number of carbonyl (C=O) groups is 2. The van der Waals surface area contributed by atoms with Gasteiger partial charge in [0.25, 0.3) is 5.91 Å². The van der Waals surface area contributed by atoms with Crippen molar-refractivity contribution < 1.29 is 32.6 Å². The molecule has 0 saturated carbocycles. The van der Waals surface area contributed by atoms with Gasteiger partial charge >= 0.3 is 5.97 Å². The summed E-state index contributed by atoms with van der Waals surface area (Å²) < 4.78 is 38.0. The number of fused-ring (bicyclic) bond motifs is 1. The number of rotatable bonds is 5. The third-order valence-electron chi connectivity index (χ3n) is 4.17. The van der Waals surface area contributed by atoms with Gasteiger partial charge in [-0.25, -0.2) is 13.6 Å². The lowest BCUT2D eigenvalue weighted by Gasteiger charge is -2.15. The van der Waals surface area contributed by atoms with Gasteiger partial charge in [-0.15, -0.1) is 0 Å². The van der Waals surface area contributed by atoms with E-state index in [2.05, 4.69) is 5.32 Å². The molecule has 1 atom stereocenters. The van der Waals surface area contributed by atoms with Crippen molar-refractivity contribution in [3.63, 3.8) is 0 Å². The highest BCUT2D eigenvalue weighted by Gasteiger charge is 2.29. The predicted molar refractivity (Wildman–Crippen MR) is 91.7 cm³/mol. The Morgan fingerprint density at radius 1 is 1.22 bits per heavy atom. The number of amides is 1. The Labute approximate surface area is 152 Å². The lowest BCUT2D eigenvalue weighted by Crippen LogP contribution is -2.34. The Balaban J connectivity index is 1.97. The number of aliphatic carboxylic acids is 1. The largest absolute Gasteiger partial charge is 0.497 e. The van der Waals surface area contributed by atoms with E-state index in [0.29, 0.717) is 22.3 Å². The zero-order valence-corrected chi connectivity index (χ0v) is 14.4. The zero-order valence-electron chi connectivity index (χ0n) is 14.4. The van der Waals surface area contributed by atoms with Gasteiger partial charge in [-0.3, -0.25) is 4.79 Å². The number of methoxy groups -OCH3 is 1. The smallest absolute Gasteiger partial charge is 0.331 e. The molecule has 0 saturated heterocycles. The second-order valence-electron chi connectivity index (χ2n) is 5.81. The third-order valence-corrected chi connectivity index (χ3v) is 4.17. The van der Waals surface area contributed by atoms with Gasteiger partial charge in [0, 0.05) is 22.6 Å². The molecular formula is C19H15F2NO5. The molecule has 140 valence electrons. The van der Waals surface area contributed by atoms with Gasteiger partial charge in [-0.1, -0.05) is 12.1 Å². The van der Waals surface area contributed by atoms with E-state index in [-0.39, 0.29) is 5.76 Å². The van der Waals surface area contributed by atoms with Crippen LogP contribution in [-0.2, 0) is 4.79 Å². The summed E-state index contributed by atoms with van der Waals surface area (Å²) in [5.41, 5.74) is 0.362. The fraction of sp³-hybridized carbons (Fsp3) is 0.158. The van der Waals surface area contributed by atoms with Crippen molar-refractivity contribution in [3.8, 4) is 5.75 Å². The molecule has 0 unspecified atom stereocenters. The topological polar surface area (TPSA) is 88.8 Å². The second-order valence-corrected chi connectivity index (χ2v) is 5.81. The van der Waals surface area contributed by atoms with Crippen LogP contribution in [0.15, 0.2) is 40.8 Å². The van der Waals surface area contributed by atoms with Crippen molar-refractivity contribution in [1.82, 2.24) is 5.32 Å². The number of halogens is 2. The summed E-state index contributed by atoms with van der Waals surface area (Å²) in [4.78, 5) is 24.1. The number of ether oxygens (including phenoxy) is 1. The van der Waals surface area contributed by atoms with E-state index in [4.69, 9.17) is 9.15 Å². The number of carboxylic acid groups (broad SMARTS) is 1. The van der Waals surface area contributed by atoms with Crippen LogP contribution in [0.2, 0.25) is 0 Å². The lowest BCUT2D eigenvalue weighted by atomic mass is 10.1.